The summed E-state index contributed by atoms with van der Waals surface area (Å²) in [6.45, 7) is 2.80. The average molecular weight is 264 g/mol. The Balaban J connectivity index is 2.27. The van der Waals surface area contributed by atoms with Gasteiger partial charge in [-0.05, 0) is 31.2 Å². The quantitative estimate of drug-likeness (QED) is 0.771. The van der Waals surface area contributed by atoms with E-state index in [-0.39, 0.29) is 5.56 Å². The molecule has 3 aromatic rings. The van der Waals surface area contributed by atoms with E-state index in [4.69, 9.17) is 5.26 Å². The fourth-order valence-electron chi connectivity index (χ4n) is 2.29. The third kappa shape index (κ3) is 1.88. The summed E-state index contributed by atoms with van der Waals surface area (Å²) in [7, 11) is 0. The van der Waals surface area contributed by atoms with Gasteiger partial charge in [0.05, 0.1) is 22.7 Å². The van der Waals surface area contributed by atoms with Crippen LogP contribution in [-0.2, 0) is 6.54 Å². The van der Waals surface area contributed by atoms with Crippen LogP contribution in [0, 0.1) is 11.3 Å². The van der Waals surface area contributed by atoms with E-state index in [1.807, 2.05) is 13.0 Å². The lowest BCUT2D eigenvalue weighted by molar-refractivity contribution is 0.796. The van der Waals surface area contributed by atoms with Gasteiger partial charge in [0.15, 0.2) is 0 Å². The summed E-state index contributed by atoms with van der Waals surface area (Å²) in [5.74, 6) is 0.786. The Kier molecular flexibility index (Phi) is 2.84. The van der Waals surface area contributed by atoms with Gasteiger partial charge in [-0.1, -0.05) is 0 Å². The maximum atomic E-state index is 11.1. The molecule has 5 nitrogen and oxygen atoms in total. The summed E-state index contributed by atoms with van der Waals surface area (Å²) in [5.41, 5.74) is 3.06. The third-order valence-electron chi connectivity index (χ3n) is 3.24. The lowest BCUT2D eigenvalue weighted by Gasteiger charge is -2.05. The van der Waals surface area contributed by atoms with Crippen LogP contribution in [0.2, 0.25) is 0 Å². The zero-order valence-electron chi connectivity index (χ0n) is 10.9. The molecule has 3 rings (SSSR count). The van der Waals surface area contributed by atoms with E-state index in [0.29, 0.717) is 5.56 Å². The van der Waals surface area contributed by atoms with E-state index in [2.05, 4.69) is 20.6 Å². The highest BCUT2D eigenvalue weighted by Crippen LogP contribution is 2.24. The minimum atomic E-state index is -0.139. The van der Waals surface area contributed by atoms with Gasteiger partial charge in [0.2, 0.25) is 5.56 Å². The van der Waals surface area contributed by atoms with Crippen molar-refractivity contribution in [2.75, 3.05) is 0 Å². The van der Waals surface area contributed by atoms with Crippen molar-refractivity contribution in [3.8, 4) is 17.5 Å². The number of benzene rings is 1. The number of nitriles is 1. The number of aromatic amines is 1. The standard InChI is InChI=1S/C15H12N4O/c1-2-19-13-5-3-10(8-16)7-12(13)18-15(19)11-4-6-14(20)17-9-11/h3-7,9H,2H2,1H3,(H,17,20). The van der Waals surface area contributed by atoms with Gasteiger partial charge in [-0.25, -0.2) is 4.98 Å². The first-order chi connectivity index (χ1) is 9.72. The van der Waals surface area contributed by atoms with E-state index < -0.39 is 0 Å². The number of H-pyrrole nitrogens is 1. The van der Waals surface area contributed by atoms with Gasteiger partial charge in [-0.3, -0.25) is 4.79 Å². The molecule has 2 heterocycles. The van der Waals surface area contributed by atoms with Crippen LogP contribution >= 0.6 is 0 Å². The van der Waals surface area contributed by atoms with Crippen molar-refractivity contribution in [3.05, 3.63) is 52.4 Å². The zero-order valence-corrected chi connectivity index (χ0v) is 10.9. The van der Waals surface area contributed by atoms with Crippen molar-refractivity contribution in [3.63, 3.8) is 0 Å². The number of imidazole rings is 1. The van der Waals surface area contributed by atoms with Gasteiger partial charge in [0.25, 0.3) is 0 Å². The Morgan fingerprint density at radius 1 is 1.35 bits per heavy atom. The van der Waals surface area contributed by atoms with Crippen molar-refractivity contribution in [2.24, 2.45) is 0 Å². The Bertz CT molecular complexity index is 863. The van der Waals surface area contributed by atoms with Gasteiger partial charge in [-0.2, -0.15) is 5.26 Å². The minimum absolute atomic E-state index is 0.139. The maximum Gasteiger partial charge on any atom is 0.247 e. The number of nitrogens with zero attached hydrogens (tertiary/aromatic N) is 3. The highest BCUT2D eigenvalue weighted by Gasteiger charge is 2.11. The molecule has 0 spiro atoms. The largest absolute Gasteiger partial charge is 0.328 e. The molecule has 0 atom stereocenters. The molecule has 0 saturated heterocycles. The van der Waals surface area contributed by atoms with Crippen LogP contribution in [-0.4, -0.2) is 14.5 Å². The molecule has 0 radical (unpaired) electrons. The van der Waals surface area contributed by atoms with Gasteiger partial charge < -0.3 is 9.55 Å². The van der Waals surface area contributed by atoms with Crippen molar-refractivity contribution in [2.45, 2.75) is 13.5 Å². The van der Waals surface area contributed by atoms with Gasteiger partial charge in [0.1, 0.15) is 5.82 Å². The molecule has 0 bridgehead atoms. The maximum absolute atomic E-state index is 11.1. The Hall–Kier alpha value is -2.87. The molecule has 1 N–H and O–H groups in total. The van der Waals surface area contributed by atoms with Crippen LogP contribution in [0.1, 0.15) is 12.5 Å². The molecule has 0 fully saturated rings. The molecule has 98 valence electrons. The fourth-order valence-corrected chi connectivity index (χ4v) is 2.29. The average Bonchev–Trinajstić information content (AvgIpc) is 2.85. The van der Waals surface area contributed by atoms with E-state index in [1.54, 1.807) is 24.4 Å². The number of nitrogens with one attached hydrogen (secondary N) is 1. The normalized spacial score (nSPS) is 10.6. The second-order valence-corrected chi connectivity index (χ2v) is 4.44. The van der Waals surface area contributed by atoms with E-state index in [1.165, 1.54) is 6.07 Å². The van der Waals surface area contributed by atoms with E-state index >= 15 is 0 Å². The SMILES string of the molecule is CCn1c(-c2ccc(=O)[nH]c2)nc2cc(C#N)ccc21. The van der Waals surface area contributed by atoms with Crippen molar-refractivity contribution >= 4 is 11.0 Å². The van der Waals surface area contributed by atoms with Crippen LogP contribution in [0.5, 0.6) is 0 Å². The smallest absolute Gasteiger partial charge is 0.247 e. The van der Waals surface area contributed by atoms with Gasteiger partial charge >= 0.3 is 0 Å². The number of pyridine rings is 1. The van der Waals surface area contributed by atoms with Crippen LogP contribution in [0.15, 0.2) is 41.3 Å². The second kappa shape index (κ2) is 4.67. The summed E-state index contributed by atoms with van der Waals surface area (Å²) in [6, 6.07) is 10.8. The molecule has 0 aliphatic rings. The summed E-state index contributed by atoms with van der Waals surface area (Å²) < 4.78 is 2.06. The monoisotopic (exact) mass is 264 g/mol. The number of fused-ring (bicyclic) bond motifs is 1. The summed E-state index contributed by atoms with van der Waals surface area (Å²) >= 11 is 0. The molecule has 0 aliphatic carbocycles. The number of hydrogen-bond donors (Lipinski definition) is 1. The summed E-state index contributed by atoms with van der Waals surface area (Å²) in [4.78, 5) is 18.4. The molecule has 2 aromatic heterocycles. The molecule has 0 amide bonds. The predicted molar refractivity (Wildman–Crippen MR) is 76.2 cm³/mol. The second-order valence-electron chi connectivity index (χ2n) is 4.44. The zero-order chi connectivity index (χ0) is 14.1. The molecule has 0 saturated carbocycles. The molecule has 1 aromatic carbocycles. The Morgan fingerprint density at radius 3 is 2.85 bits per heavy atom. The molecule has 0 unspecified atom stereocenters. The van der Waals surface area contributed by atoms with Crippen LogP contribution < -0.4 is 5.56 Å². The lowest BCUT2D eigenvalue weighted by Crippen LogP contribution is -2.03. The summed E-state index contributed by atoms with van der Waals surface area (Å²) in [6.07, 6.45) is 1.65. The first kappa shape index (κ1) is 12.2. The van der Waals surface area contributed by atoms with Crippen LogP contribution in [0.25, 0.3) is 22.4 Å². The fraction of sp³-hybridized carbons (Fsp3) is 0.133. The Labute approximate surface area is 115 Å². The molecular formula is C15H12N4O. The topological polar surface area (TPSA) is 74.5 Å². The minimum Gasteiger partial charge on any atom is -0.328 e. The van der Waals surface area contributed by atoms with E-state index in [9.17, 15) is 4.79 Å². The first-order valence-electron chi connectivity index (χ1n) is 6.32. The third-order valence-corrected chi connectivity index (χ3v) is 3.24. The number of aromatic nitrogens is 3. The van der Waals surface area contributed by atoms with Crippen molar-refractivity contribution in [1.29, 1.82) is 5.26 Å². The van der Waals surface area contributed by atoms with Crippen molar-refractivity contribution < 1.29 is 0 Å². The molecule has 0 aliphatic heterocycles. The first-order valence-corrected chi connectivity index (χ1v) is 6.32. The van der Waals surface area contributed by atoms with Crippen molar-refractivity contribution in [1.82, 2.24) is 14.5 Å². The van der Waals surface area contributed by atoms with Gasteiger partial charge in [0, 0.05) is 24.4 Å². The highest BCUT2D eigenvalue weighted by molar-refractivity contribution is 5.81. The van der Waals surface area contributed by atoms with Gasteiger partial charge in [-0.15, -0.1) is 0 Å². The number of aryl methyl sites for hydroxylation is 1. The summed E-state index contributed by atoms with van der Waals surface area (Å²) in [5, 5.41) is 8.95. The molecular weight excluding hydrogens is 252 g/mol. The number of rotatable bonds is 2. The molecule has 20 heavy (non-hydrogen) atoms. The highest BCUT2D eigenvalue weighted by atomic mass is 16.1. The van der Waals surface area contributed by atoms with E-state index in [0.717, 1.165) is 29.0 Å². The lowest BCUT2D eigenvalue weighted by atomic mass is 10.2. The predicted octanol–water partition coefficient (Wildman–Crippen LogP) is 2.28. The Morgan fingerprint density at radius 2 is 2.20 bits per heavy atom. The van der Waals surface area contributed by atoms with Crippen LogP contribution in [0.4, 0.5) is 0 Å². The van der Waals surface area contributed by atoms with Crippen LogP contribution in [0.3, 0.4) is 0 Å². The number of hydrogen-bond acceptors (Lipinski definition) is 3. The molecule has 5 heteroatoms.